The number of methoxy groups -OCH3 is 1. The summed E-state index contributed by atoms with van der Waals surface area (Å²) >= 11 is 6.21. The summed E-state index contributed by atoms with van der Waals surface area (Å²) in [6, 6.07) is 16.9. The summed E-state index contributed by atoms with van der Waals surface area (Å²) in [5.74, 6) is -0.334. The Morgan fingerprint density at radius 2 is 1.58 bits per heavy atom. The Balaban J connectivity index is 0.992. The molecule has 0 aliphatic carbocycles. The number of sulfone groups is 1. The van der Waals surface area contributed by atoms with E-state index in [1.165, 1.54) is 19.2 Å². The summed E-state index contributed by atoms with van der Waals surface area (Å²) in [6.45, 7) is 5.17. The number of carbonyl (C=O) groups is 2. The van der Waals surface area contributed by atoms with Crippen LogP contribution in [-0.2, 0) is 22.9 Å². The fourth-order valence-electron chi connectivity index (χ4n) is 6.34. The number of ether oxygens (including phenoxy) is 1. The third-order valence-electron chi connectivity index (χ3n) is 8.99. The van der Waals surface area contributed by atoms with Crippen molar-refractivity contribution >= 4 is 44.2 Å². The molecule has 10 nitrogen and oxygen atoms in total. The molecule has 3 heterocycles. The highest BCUT2D eigenvalue weighted by Crippen LogP contribution is 2.26. The van der Waals surface area contributed by atoms with Crippen molar-refractivity contribution in [2.75, 3.05) is 52.6 Å². The molecule has 0 spiro atoms. The number of fused-ring (bicyclic) bond motifs is 1. The third-order valence-corrected chi connectivity index (χ3v) is 10.6. The quantitative estimate of drug-likeness (QED) is 0.261. The van der Waals surface area contributed by atoms with Crippen LogP contribution < -0.4 is 10.1 Å². The SMILES string of the molecule is COc1ccc(CN2CCC(NC(=O)c3cc4cc(C(=O)N5CCN(Cc6ccc(S(C)(=O)=O)c(Cl)c6)CC5)ccc4o3)CC2)cc1F. The van der Waals surface area contributed by atoms with Crippen LogP contribution in [0.15, 0.2) is 70.0 Å². The first kappa shape index (κ1) is 33.9. The van der Waals surface area contributed by atoms with Crippen molar-refractivity contribution in [1.29, 1.82) is 0 Å². The molecular weight excluding hydrogens is 659 g/mol. The highest BCUT2D eigenvalue weighted by Gasteiger charge is 2.25. The van der Waals surface area contributed by atoms with E-state index in [2.05, 4.69) is 15.1 Å². The first-order chi connectivity index (χ1) is 23.0. The summed E-state index contributed by atoms with van der Waals surface area (Å²) in [4.78, 5) is 32.8. The van der Waals surface area contributed by atoms with Gasteiger partial charge in [0.2, 0.25) is 0 Å². The molecule has 1 N–H and O–H groups in total. The molecular formula is C35H38ClFN4O6S. The number of piperazine rings is 1. The van der Waals surface area contributed by atoms with E-state index in [1.807, 2.05) is 11.0 Å². The zero-order valence-corrected chi connectivity index (χ0v) is 28.4. The molecule has 2 amide bonds. The molecule has 6 rings (SSSR count). The number of piperidine rings is 1. The Kier molecular flexibility index (Phi) is 10.1. The van der Waals surface area contributed by atoms with E-state index < -0.39 is 9.84 Å². The molecule has 4 aromatic rings. The fraction of sp³-hybridized carbons (Fsp3) is 0.371. The minimum atomic E-state index is -3.39. The second-order valence-electron chi connectivity index (χ2n) is 12.5. The van der Waals surface area contributed by atoms with Crippen LogP contribution in [0.25, 0.3) is 11.0 Å². The maximum absolute atomic E-state index is 14.1. The van der Waals surface area contributed by atoms with E-state index in [9.17, 15) is 22.4 Å². The van der Waals surface area contributed by atoms with Crippen LogP contribution in [0.3, 0.4) is 0 Å². The van der Waals surface area contributed by atoms with Gasteiger partial charge in [-0.15, -0.1) is 0 Å². The third kappa shape index (κ3) is 7.84. The number of likely N-dealkylation sites (tertiary alicyclic amines) is 1. The lowest BCUT2D eigenvalue weighted by Crippen LogP contribution is -2.48. The highest BCUT2D eigenvalue weighted by atomic mass is 35.5. The van der Waals surface area contributed by atoms with Gasteiger partial charge in [-0.3, -0.25) is 19.4 Å². The van der Waals surface area contributed by atoms with Gasteiger partial charge >= 0.3 is 0 Å². The molecule has 2 aliphatic rings. The largest absolute Gasteiger partial charge is 0.494 e. The van der Waals surface area contributed by atoms with Gasteiger partial charge in [-0.25, -0.2) is 12.8 Å². The summed E-state index contributed by atoms with van der Waals surface area (Å²) in [6.07, 6.45) is 2.66. The molecule has 2 aliphatic heterocycles. The van der Waals surface area contributed by atoms with Crippen LogP contribution >= 0.6 is 11.6 Å². The van der Waals surface area contributed by atoms with Crippen LogP contribution in [0.1, 0.15) is 44.9 Å². The monoisotopic (exact) mass is 696 g/mol. The zero-order valence-electron chi connectivity index (χ0n) is 26.9. The second kappa shape index (κ2) is 14.3. The molecule has 0 bridgehead atoms. The summed E-state index contributed by atoms with van der Waals surface area (Å²) in [5.41, 5.74) is 2.84. The standard InChI is InChI=1S/C35H38ClFN4O6S/c1-46-31-6-3-24(18-29(31)37)22-39-11-9-27(10-12-39)38-34(42)32-20-26-19-25(5-7-30(26)47-32)35(43)41-15-13-40(14-16-41)21-23-4-8-33(28(36)17-23)48(2,44)45/h3-8,17-20,27H,9-16,21-22H2,1-2H3,(H,38,42). The van der Waals surface area contributed by atoms with Gasteiger partial charge in [-0.1, -0.05) is 23.7 Å². The van der Waals surface area contributed by atoms with Gasteiger partial charge < -0.3 is 19.4 Å². The van der Waals surface area contributed by atoms with E-state index in [0.717, 1.165) is 43.3 Å². The molecule has 13 heteroatoms. The van der Waals surface area contributed by atoms with Crippen LogP contribution in [0.5, 0.6) is 5.75 Å². The number of furan rings is 1. The van der Waals surface area contributed by atoms with Gasteiger partial charge in [-0.05, 0) is 72.5 Å². The first-order valence-electron chi connectivity index (χ1n) is 15.9. The second-order valence-corrected chi connectivity index (χ2v) is 14.9. The average molecular weight is 697 g/mol. The van der Waals surface area contributed by atoms with Gasteiger partial charge in [0.05, 0.1) is 17.0 Å². The molecule has 254 valence electrons. The number of carbonyl (C=O) groups excluding carboxylic acids is 2. The van der Waals surface area contributed by atoms with Crippen LogP contribution in [0.2, 0.25) is 5.02 Å². The molecule has 2 saturated heterocycles. The minimum Gasteiger partial charge on any atom is -0.494 e. The molecule has 3 aromatic carbocycles. The van der Waals surface area contributed by atoms with E-state index in [4.69, 9.17) is 20.8 Å². The number of rotatable bonds is 9. The lowest BCUT2D eigenvalue weighted by Gasteiger charge is -2.34. The summed E-state index contributed by atoms with van der Waals surface area (Å²) in [5, 5.41) is 3.97. The molecule has 0 unspecified atom stereocenters. The molecule has 0 atom stereocenters. The number of nitrogens with one attached hydrogen (secondary N) is 1. The van der Waals surface area contributed by atoms with Crippen LogP contribution in [-0.4, -0.2) is 93.6 Å². The smallest absolute Gasteiger partial charge is 0.287 e. The maximum atomic E-state index is 14.1. The Labute approximate surface area is 284 Å². The Bertz CT molecular complexity index is 1930. The van der Waals surface area contributed by atoms with Crippen molar-refractivity contribution in [1.82, 2.24) is 20.0 Å². The normalized spacial score (nSPS) is 16.7. The van der Waals surface area contributed by atoms with Crippen molar-refractivity contribution in [2.24, 2.45) is 0 Å². The predicted molar refractivity (Wildman–Crippen MR) is 181 cm³/mol. The Hall–Kier alpha value is -3.97. The first-order valence-corrected chi connectivity index (χ1v) is 18.1. The Morgan fingerprint density at radius 1 is 0.917 bits per heavy atom. The van der Waals surface area contributed by atoms with E-state index in [-0.39, 0.29) is 45.1 Å². The van der Waals surface area contributed by atoms with E-state index in [0.29, 0.717) is 55.8 Å². The Morgan fingerprint density at radius 3 is 2.23 bits per heavy atom. The van der Waals surface area contributed by atoms with Crippen LogP contribution in [0.4, 0.5) is 4.39 Å². The summed E-state index contributed by atoms with van der Waals surface area (Å²) < 4.78 is 48.6. The van der Waals surface area contributed by atoms with E-state index in [1.54, 1.807) is 42.5 Å². The lowest BCUT2D eigenvalue weighted by molar-refractivity contribution is 0.0628. The predicted octanol–water partition coefficient (Wildman–Crippen LogP) is 4.99. The van der Waals surface area contributed by atoms with E-state index >= 15 is 0 Å². The number of amides is 2. The van der Waals surface area contributed by atoms with Gasteiger partial charge in [-0.2, -0.15) is 0 Å². The van der Waals surface area contributed by atoms with Crippen molar-refractivity contribution < 1.29 is 31.6 Å². The average Bonchev–Trinajstić information content (AvgIpc) is 3.49. The number of halogens is 2. The molecule has 2 fully saturated rings. The van der Waals surface area contributed by atoms with Gasteiger partial charge in [0.25, 0.3) is 11.8 Å². The maximum Gasteiger partial charge on any atom is 0.287 e. The number of hydrogen-bond donors (Lipinski definition) is 1. The number of hydrogen-bond acceptors (Lipinski definition) is 8. The highest BCUT2D eigenvalue weighted by molar-refractivity contribution is 7.90. The van der Waals surface area contributed by atoms with Crippen LogP contribution in [0, 0.1) is 5.82 Å². The fourth-order valence-corrected chi connectivity index (χ4v) is 7.69. The minimum absolute atomic E-state index is 0.00536. The molecule has 1 aromatic heterocycles. The van der Waals surface area contributed by atoms with Crippen molar-refractivity contribution in [3.05, 3.63) is 94.0 Å². The van der Waals surface area contributed by atoms with Gasteiger partial charge in [0.15, 0.2) is 27.2 Å². The van der Waals surface area contributed by atoms with Crippen molar-refractivity contribution in [2.45, 2.75) is 36.9 Å². The van der Waals surface area contributed by atoms with Gasteiger partial charge in [0, 0.05) is 75.6 Å². The number of benzene rings is 3. The molecule has 48 heavy (non-hydrogen) atoms. The van der Waals surface area contributed by atoms with Crippen molar-refractivity contribution in [3.8, 4) is 5.75 Å². The molecule has 0 saturated carbocycles. The topological polar surface area (TPSA) is 112 Å². The molecule has 0 radical (unpaired) electrons. The lowest BCUT2D eigenvalue weighted by atomic mass is 10.0. The van der Waals surface area contributed by atoms with Gasteiger partial charge in [0.1, 0.15) is 5.58 Å². The zero-order chi connectivity index (χ0) is 34.0. The summed E-state index contributed by atoms with van der Waals surface area (Å²) in [7, 11) is -1.95. The van der Waals surface area contributed by atoms with Crippen molar-refractivity contribution in [3.63, 3.8) is 0 Å². The number of nitrogens with zero attached hydrogens (tertiary/aromatic N) is 3.